The number of hydrogen-bond acceptors (Lipinski definition) is 17. The molecule has 3 aliphatic heterocycles. The van der Waals surface area contributed by atoms with Crippen molar-refractivity contribution in [1.82, 2.24) is 0 Å². The Morgan fingerprint density at radius 2 is 1.09 bits per heavy atom. The molecule has 0 amide bonds. The summed E-state index contributed by atoms with van der Waals surface area (Å²) in [6.07, 6.45) is -12.4. The van der Waals surface area contributed by atoms with Crippen molar-refractivity contribution in [2.75, 3.05) is 13.2 Å². The Bertz CT molecular complexity index is 2050. The molecule has 12 N–H and O–H groups in total. The first-order valence-electron chi connectivity index (χ1n) is 17.9. The van der Waals surface area contributed by atoms with Gasteiger partial charge in [-0.1, -0.05) is 24.3 Å². The van der Waals surface area contributed by atoms with Crippen LogP contribution in [0.3, 0.4) is 0 Å². The zero-order chi connectivity index (χ0) is 40.7. The summed E-state index contributed by atoms with van der Waals surface area (Å²) in [5.74, 6) is -1.41. The van der Waals surface area contributed by atoms with Gasteiger partial charge in [0.25, 0.3) is 0 Å². The molecule has 0 radical (unpaired) electrons. The number of ether oxygens (including phenoxy) is 5. The zero-order valence-electron chi connectivity index (χ0n) is 29.8. The molecule has 3 heterocycles. The molecule has 7 rings (SSSR count). The van der Waals surface area contributed by atoms with Gasteiger partial charge in [-0.3, -0.25) is 0 Å². The van der Waals surface area contributed by atoms with Crippen LogP contribution in [0.5, 0.6) is 40.2 Å². The lowest BCUT2D eigenvalue weighted by molar-refractivity contribution is -0.277. The van der Waals surface area contributed by atoms with Gasteiger partial charge in [0.2, 0.25) is 12.6 Å². The van der Waals surface area contributed by atoms with Crippen LogP contribution in [0.4, 0.5) is 0 Å². The van der Waals surface area contributed by atoms with Crippen LogP contribution in [0, 0.1) is 0 Å². The first kappa shape index (κ1) is 40.0. The molecule has 0 bridgehead atoms. The first-order valence-corrected chi connectivity index (χ1v) is 17.9. The van der Waals surface area contributed by atoms with Crippen molar-refractivity contribution >= 4 is 12.2 Å². The van der Waals surface area contributed by atoms with Crippen LogP contribution in [0.25, 0.3) is 12.2 Å². The van der Waals surface area contributed by atoms with Crippen molar-refractivity contribution in [1.29, 1.82) is 0 Å². The molecule has 12 unspecified atom stereocenters. The van der Waals surface area contributed by atoms with Crippen molar-refractivity contribution in [3.05, 3.63) is 101 Å². The molecule has 57 heavy (non-hydrogen) atoms. The summed E-state index contributed by atoms with van der Waals surface area (Å²) < 4.78 is 28.5. The molecule has 2 fully saturated rings. The number of aliphatic hydroxyl groups excluding tert-OH is 8. The average molecular weight is 795 g/mol. The van der Waals surface area contributed by atoms with Crippen LogP contribution in [-0.4, -0.2) is 136 Å². The third kappa shape index (κ3) is 8.03. The number of benzene rings is 4. The summed E-state index contributed by atoms with van der Waals surface area (Å²) in [6, 6.07) is 17.7. The normalized spacial score (nSPS) is 31.2. The Labute approximate surface area is 324 Å². The van der Waals surface area contributed by atoms with E-state index in [1.54, 1.807) is 42.5 Å². The number of rotatable bonds is 10. The number of phenolic OH excluding ortho intramolecular Hbond substituents is 4. The molecule has 4 aromatic carbocycles. The number of hydrogen-bond donors (Lipinski definition) is 12. The van der Waals surface area contributed by atoms with Gasteiger partial charge in [-0.15, -0.1) is 0 Å². The number of phenols is 4. The van der Waals surface area contributed by atoms with E-state index in [2.05, 4.69) is 0 Å². The highest BCUT2D eigenvalue weighted by atomic mass is 16.7. The number of fused-ring (bicyclic) bond motifs is 1. The highest BCUT2D eigenvalue weighted by Gasteiger charge is 2.46. The van der Waals surface area contributed by atoms with Gasteiger partial charge in [0.05, 0.1) is 19.1 Å². The molecule has 4 aromatic rings. The van der Waals surface area contributed by atoms with Crippen LogP contribution < -0.4 is 14.2 Å². The maximum Gasteiger partial charge on any atom is 0.229 e. The second-order valence-corrected chi connectivity index (χ2v) is 14.0. The quantitative estimate of drug-likeness (QED) is 0.0962. The molecule has 2 saturated heterocycles. The molecule has 12 atom stereocenters. The summed E-state index contributed by atoms with van der Waals surface area (Å²) in [7, 11) is 0. The number of aromatic hydroxyl groups is 4. The molecule has 0 aromatic heterocycles. The second kappa shape index (κ2) is 16.4. The lowest BCUT2D eigenvalue weighted by Gasteiger charge is -2.39. The molecule has 0 spiro atoms. The smallest absolute Gasteiger partial charge is 0.229 e. The highest BCUT2D eigenvalue weighted by molar-refractivity contribution is 5.73. The van der Waals surface area contributed by atoms with Crippen molar-refractivity contribution in [2.24, 2.45) is 0 Å². The Kier molecular flexibility index (Phi) is 11.5. The minimum Gasteiger partial charge on any atom is -0.508 e. The van der Waals surface area contributed by atoms with Gasteiger partial charge in [-0.05, 0) is 65.2 Å². The molecular formula is C40H42O17. The van der Waals surface area contributed by atoms with Crippen LogP contribution in [0.1, 0.15) is 39.8 Å². The molecule has 3 aliphatic rings. The summed E-state index contributed by atoms with van der Waals surface area (Å²) in [6.45, 7) is -1.26. The van der Waals surface area contributed by atoms with Crippen molar-refractivity contribution in [3.8, 4) is 40.2 Å². The van der Waals surface area contributed by atoms with Gasteiger partial charge in [-0.2, -0.15) is 0 Å². The lowest BCUT2D eigenvalue weighted by Crippen LogP contribution is -2.60. The summed E-state index contributed by atoms with van der Waals surface area (Å²) in [5.41, 5.74) is 2.07. The Morgan fingerprint density at radius 3 is 1.65 bits per heavy atom. The van der Waals surface area contributed by atoms with E-state index in [-0.39, 0.29) is 45.8 Å². The van der Waals surface area contributed by atoms with Crippen molar-refractivity contribution < 1.29 is 85.0 Å². The van der Waals surface area contributed by atoms with Crippen molar-refractivity contribution in [2.45, 2.75) is 73.4 Å². The van der Waals surface area contributed by atoms with E-state index in [0.29, 0.717) is 22.3 Å². The molecule has 304 valence electrons. The minimum atomic E-state index is -1.69. The molecule has 17 nitrogen and oxygen atoms in total. The van der Waals surface area contributed by atoms with Gasteiger partial charge >= 0.3 is 0 Å². The van der Waals surface area contributed by atoms with Gasteiger partial charge in [0, 0.05) is 23.3 Å². The maximum absolute atomic E-state index is 11.4. The second-order valence-electron chi connectivity index (χ2n) is 14.0. The third-order valence-electron chi connectivity index (χ3n) is 10.2. The van der Waals surface area contributed by atoms with Crippen LogP contribution in [-0.2, 0) is 9.47 Å². The standard InChI is InChI=1S/C40H42O17/c41-15-28-32(47)34(49)36(51)39(56-28)53-22-5-3-17(4-6-22)1-2-18-9-26(46)31-27(10-18)55-38(30(31)19-11-20(43)13-21(44)12-19)24-8-7-23(14-25(24)45)54-40-37(52)35(50)33(48)29(16-42)57-40/h1-14,28-30,32-52H,15-16H2. The topological polar surface area (TPSA) is 289 Å². The van der Waals surface area contributed by atoms with Gasteiger partial charge in [0.1, 0.15) is 95.2 Å². The van der Waals surface area contributed by atoms with Gasteiger partial charge < -0.3 is 85.0 Å². The van der Waals surface area contributed by atoms with E-state index >= 15 is 0 Å². The van der Waals surface area contributed by atoms with E-state index in [4.69, 9.17) is 23.7 Å². The SMILES string of the molecule is OCC1OC(Oc2ccc(C=Cc3cc(O)c4c(c3)OC(c3ccc(OC5OC(CO)C(O)C(O)C5O)cc3O)C4c3cc(O)cc(O)c3)cc2)C(O)C(O)C1O. The molecule has 0 aliphatic carbocycles. The average Bonchev–Trinajstić information content (AvgIpc) is 3.57. The van der Waals surface area contributed by atoms with Crippen LogP contribution in [0.2, 0.25) is 0 Å². The lowest BCUT2D eigenvalue weighted by atomic mass is 9.84. The third-order valence-corrected chi connectivity index (χ3v) is 10.2. The predicted molar refractivity (Wildman–Crippen MR) is 195 cm³/mol. The first-order chi connectivity index (χ1) is 27.3. The molecule has 17 heteroatoms. The summed E-state index contributed by atoms with van der Waals surface area (Å²) in [5, 5.41) is 123. The largest absolute Gasteiger partial charge is 0.508 e. The van der Waals surface area contributed by atoms with Crippen LogP contribution >= 0.6 is 0 Å². The fraction of sp³-hybridized carbons (Fsp3) is 0.350. The summed E-state index contributed by atoms with van der Waals surface area (Å²) >= 11 is 0. The fourth-order valence-electron chi connectivity index (χ4n) is 7.16. The number of aliphatic hydroxyl groups is 8. The highest BCUT2D eigenvalue weighted by Crippen LogP contribution is 2.55. The predicted octanol–water partition coefficient (Wildman–Crippen LogP) is 0.302. The van der Waals surface area contributed by atoms with Crippen LogP contribution in [0.15, 0.2) is 72.8 Å². The maximum atomic E-state index is 11.4. The minimum absolute atomic E-state index is 0.00797. The molecular weight excluding hydrogens is 752 g/mol. The van der Waals surface area contributed by atoms with Gasteiger partial charge in [-0.25, -0.2) is 0 Å². The molecule has 0 saturated carbocycles. The Balaban J connectivity index is 1.12. The van der Waals surface area contributed by atoms with E-state index in [0.717, 1.165) is 6.07 Å². The fourth-order valence-corrected chi connectivity index (χ4v) is 7.16. The monoisotopic (exact) mass is 794 g/mol. The summed E-state index contributed by atoms with van der Waals surface area (Å²) in [4.78, 5) is 0. The zero-order valence-corrected chi connectivity index (χ0v) is 29.8. The van der Waals surface area contributed by atoms with E-state index in [1.165, 1.54) is 36.4 Å². The Morgan fingerprint density at radius 1 is 0.544 bits per heavy atom. The van der Waals surface area contributed by atoms with E-state index in [1.807, 2.05) is 0 Å². The van der Waals surface area contributed by atoms with E-state index in [9.17, 15) is 61.3 Å². The van der Waals surface area contributed by atoms with Crippen molar-refractivity contribution in [3.63, 3.8) is 0 Å². The van der Waals surface area contributed by atoms with Gasteiger partial charge in [0.15, 0.2) is 0 Å². The van der Waals surface area contributed by atoms with E-state index < -0.39 is 86.6 Å². The Hall–Kier alpha value is -5.18.